The number of morpholine rings is 1. The Hall–Kier alpha value is -1.95. The van der Waals surface area contributed by atoms with Crippen molar-refractivity contribution in [1.29, 1.82) is 0 Å². The molecule has 2 unspecified atom stereocenters. The second-order valence-corrected chi connectivity index (χ2v) is 5.38. The van der Waals surface area contributed by atoms with Crippen molar-refractivity contribution in [2.45, 2.75) is 31.9 Å². The number of likely N-dealkylation sites (N-methyl/N-ethyl adjacent to an activating group) is 1. The molecule has 1 aliphatic rings. The summed E-state index contributed by atoms with van der Waals surface area (Å²) >= 11 is 0. The molecule has 2 amide bonds. The Bertz CT molecular complexity index is 550. The van der Waals surface area contributed by atoms with E-state index in [2.05, 4.69) is 5.32 Å². The number of ether oxygens (including phenoxy) is 1. The van der Waals surface area contributed by atoms with E-state index in [-0.39, 0.29) is 18.4 Å². The molecule has 0 spiro atoms. The fourth-order valence-corrected chi connectivity index (χ4v) is 2.51. The molecule has 1 aliphatic heterocycles. The van der Waals surface area contributed by atoms with Crippen LogP contribution in [0.15, 0.2) is 24.3 Å². The quantitative estimate of drug-likeness (QED) is 0.841. The largest absolute Gasteiger partial charge is 0.356 e. The third-order valence-corrected chi connectivity index (χ3v) is 3.76. The minimum Gasteiger partial charge on any atom is -0.356 e. The van der Waals surface area contributed by atoms with Gasteiger partial charge in [-0.05, 0) is 24.1 Å². The van der Waals surface area contributed by atoms with E-state index >= 15 is 0 Å². The van der Waals surface area contributed by atoms with Crippen molar-refractivity contribution in [2.75, 3.05) is 20.2 Å². The molecule has 1 N–H and O–H groups in total. The van der Waals surface area contributed by atoms with Gasteiger partial charge in [0.15, 0.2) is 6.10 Å². The Morgan fingerprint density at radius 1 is 1.50 bits per heavy atom. The van der Waals surface area contributed by atoms with E-state index < -0.39 is 18.0 Å². The Morgan fingerprint density at radius 3 is 2.95 bits per heavy atom. The highest BCUT2D eigenvalue weighted by molar-refractivity contribution is 5.86. The normalized spacial score (nSPS) is 21.8. The van der Waals surface area contributed by atoms with E-state index in [9.17, 15) is 14.0 Å². The van der Waals surface area contributed by atoms with E-state index in [4.69, 9.17) is 4.74 Å². The highest BCUT2D eigenvalue weighted by atomic mass is 19.1. The van der Waals surface area contributed by atoms with Crippen molar-refractivity contribution in [3.05, 3.63) is 35.6 Å². The van der Waals surface area contributed by atoms with Crippen molar-refractivity contribution in [3.63, 3.8) is 0 Å². The smallest absolute Gasteiger partial charge is 0.251 e. The Labute approximate surface area is 129 Å². The molecule has 0 aromatic heterocycles. The number of amides is 2. The van der Waals surface area contributed by atoms with Crippen LogP contribution in [0.3, 0.4) is 0 Å². The molecule has 2 rings (SSSR count). The molecule has 1 saturated heterocycles. The summed E-state index contributed by atoms with van der Waals surface area (Å²) in [6, 6.07) is 5.28. The van der Waals surface area contributed by atoms with E-state index in [1.54, 1.807) is 19.2 Å². The first kappa shape index (κ1) is 16.4. The molecule has 1 aromatic carbocycles. The topological polar surface area (TPSA) is 58.6 Å². The molecule has 1 heterocycles. The fraction of sp³-hybridized carbons (Fsp3) is 0.500. The van der Waals surface area contributed by atoms with Gasteiger partial charge < -0.3 is 15.0 Å². The molecule has 1 fully saturated rings. The van der Waals surface area contributed by atoms with Crippen LogP contribution in [0.4, 0.5) is 4.39 Å². The number of nitrogens with one attached hydrogen (secondary N) is 1. The number of benzene rings is 1. The highest BCUT2D eigenvalue weighted by Gasteiger charge is 2.39. The zero-order valence-corrected chi connectivity index (χ0v) is 12.8. The summed E-state index contributed by atoms with van der Waals surface area (Å²) in [7, 11) is 1.60. The zero-order valence-electron chi connectivity index (χ0n) is 12.8. The summed E-state index contributed by atoms with van der Waals surface area (Å²) in [5.74, 6) is -0.914. The standard InChI is InChI=1S/C16H21FN2O3/c1-3-4-8-18-16(21)15-14(19(2)13(20)10-22-15)11-6-5-7-12(17)9-11/h5-7,9,14-15H,3-4,8,10H2,1-2H3,(H,18,21). The first-order valence-corrected chi connectivity index (χ1v) is 7.45. The van der Waals surface area contributed by atoms with Crippen LogP contribution < -0.4 is 5.32 Å². The molecule has 2 atom stereocenters. The summed E-state index contributed by atoms with van der Waals surface area (Å²) < 4.78 is 18.9. The number of carbonyl (C=O) groups excluding carboxylic acids is 2. The highest BCUT2D eigenvalue weighted by Crippen LogP contribution is 2.29. The van der Waals surface area contributed by atoms with Crippen molar-refractivity contribution < 1.29 is 18.7 Å². The summed E-state index contributed by atoms with van der Waals surface area (Å²) in [5.41, 5.74) is 0.547. The third-order valence-electron chi connectivity index (χ3n) is 3.76. The summed E-state index contributed by atoms with van der Waals surface area (Å²) in [6.45, 7) is 2.45. The predicted molar refractivity (Wildman–Crippen MR) is 79.6 cm³/mol. The monoisotopic (exact) mass is 308 g/mol. The molecule has 22 heavy (non-hydrogen) atoms. The van der Waals surface area contributed by atoms with Gasteiger partial charge in [0.25, 0.3) is 5.91 Å². The van der Waals surface area contributed by atoms with Crippen molar-refractivity contribution in [1.82, 2.24) is 10.2 Å². The summed E-state index contributed by atoms with van der Waals surface area (Å²) in [5, 5.41) is 2.81. The molecule has 0 radical (unpaired) electrons. The lowest BCUT2D eigenvalue weighted by Crippen LogP contribution is -2.53. The summed E-state index contributed by atoms with van der Waals surface area (Å²) in [4.78, 5) is 25.6. The van der Waals surface area contributed by atoms with Gasteiger partial charge in [-0.2, -0.15) is 0 Å². The second-order valence-electron chi connectivity index (χ2n) is 5.38. The van der Waals surface area contributed by atoms with Crippen LogP contribution in [0.1, 0.15) is 31.4 Å². The first-order valence-electron chi connectivity index (χ1n) is 7.45. The molecule has 0 bridgehead atoms. The zero-order chi connectivity index (χ0) is 16.1. The minimum absolute atomic E-state index is 0.145. The van der Waals surface area contributed by atoms with E-state index in [1.807, 2.05) is 6.92 Å². The van der Waals surface area contributed by atoms with Gasteiger partial charge in [-0.3, -0.25) is 9.59 Å². The van der Waals surface area contributed by atoms with E-state index in [0.29, 0.717) is 12.1 Å². The number of nitrogens with zero attached hydrogens (tertiary/aromatic N) is 1. The van der Waals surface area contributed by atoms with Crippen LogP contribution in [-0.4, -0.2) is 43.0 Å². The maximum Gasteiger partial charge on any atom is 0.251 e. The Morgan fingerprint density at radius 2 is 2.27 bits per heavy atom. The number of carbonyl (C=O) groups is 2. The number of hydrogen-bond acceptors (Lipinski definition) is 3. The minimum atomic E-state index is -0.832. The molecule has 0 aliphatic carbocycles. The van der Waals surface area contributed by atoms with Crippen molar-refractivity contribution in [3.8, 4) is 0 Å². The van der Waals surface area contributed by atoms with E-state index in [0.717, 1.165) is 12.8 Å². The third kappa shape index (κ3) is 3.62. The molecule has 120 valence electrons. The fourth-order valence-electron chi connectivity index (χ4n) is 2.51. The second kappa shape index (κ2) is 7.35. The number of rotatable bonds is 5. The van der Waals surface area contributed by atoms with Crippen molar-refractivity contribution in [2.24, 2.45) is 0 Å². The van der Waals surface area contributed by atoms with Gasteiger partial charge in [0.05, 0.1) is 6.04 Å². The van der Waals surface area contributed by atoms with Crippen LogP contribution >= 0.6 is 0 Å². The Kier molecular flexibility index (Phi) is 5.49. The number of hydrogen-bond donors (Lipinski definition) is 1. The van der Waals surface area contributed by atoms with Gasteiger partial charge in [-0.1, -0.05) is 25.5 Å². The lowest BCUT2D eigenvalue weighted by molar-refractivity contribution is -0.162. The molecule has 6 heteroatoms. The van der Waals surface area contributed by atoms with Gasteiger partial charge >= 0.3 is 0 Å². The average molecular weight is 308 g/mol. The van der Waals surface area contributed by atoms with Crippen LogP contribution in [0, 0.1) is 5.82 Å². The molecular weight excluding hydrogens is 287 g/mol. The van der Waals surface area contributed by atoms with Crippen LogP contribution in [0.5, 0.6) is 0 Å². The predicted octanol–water partition coefficient (Wildman–Crippen LogP) is 1.64. The lowest BCUT2D eigenvalue weighted by Gasteiger charge is -2.38. The van der Waals surface area contributed by atoms with Crippen LogP contribution in [-0.2, 0) is 14.3 Å². The molecule has 1 aromatic rings. The molecule has 0 saturated carbocycles. The van der Waals surface area contributed by atoms with Gasteiger partial charge in [0, 0.05) is 13.6 Å². The summed E-state index contributed by atoms with van der Waals surface area (Å²) in [6.07, 6.45) is 1.01. The number of unbranched alkanes of at least 4 members (excludes halogenated alkanes) is 1. The van der Waals surface area contributed by atoms with Gasteiger partial charge in [0.2, 0.25) is 5.91 Å². The number of halogens is 1. The Balaban J connectivity index is 2.22. The maximum absolute atomic E-state index is 13.5. The molecular formula is C16H21FN2O3. The first-order chi connectivity index (χ1) is 10.5. The lowest BCUT2D eigenvalue weighted by atomic mass is 9.97. The van der Waals surface area contributed by atoms with E-state index in [1.165, 1.54) is 17.0 Å². The van der Waals surface area contributed by atoms with Gasteiger partial charge in [0.1, 0.15) is 12.4 Å². The molecule has 5 nitrogen and oxygen atoms in total. The SMILES string of the molecule is CCCCNC(=O)C1OCC(=O)N(C)C1c1cccc(F)c1. The van der Waals surface area contributed by atoms with Crippen LogP contribution in [0.25, 0.3) is 0 Å². The van der Waals surface area contributed by atoms with Gasteiger partial charge in [-0.25, -0.2) is 4.39 Å². The van der Waals surface area contributed by atoms with Crippen LogP contribution in [0.2, 0.25) is 0 Å². The van der Waals surface area contributed by atoms with Crippen molar-refractivity contribution >= 4 is 11.8 Å². The average Bonchev–Trinajstić information content (AvgIpc) is 2.50. The van der Waals surface area contributed by atoms with Gasteiger partial charge in [-0.15, -0.1) is 0 Å². The maximum atomic E-state index is 13.5.